The Bertz CT molecular complexity index is 857. The summed E-state index contributed by atoms with van der Waals surface area (Å²) in [6.07, 6.45) is 3.27. The van der Waals surface area contributed by atoms with Crippen LogP contribution >= 0.6 is 0 Å². The molecule has 2 aromatic carbocycles. The summed E-state index contributed by atoms with van der Waals surface area (Å²) >= 11 is 0. The molecule has 2 atom stereocenters. The maximum absolute atomic E-state index is 10.1. The van der Waals surface area contributed by atoms with Crippen molar-refractivity contribution < 1.29 is 29.9 Å². The van der Waals surface area contributed by atoms with E-state index in [9.17, 15) is 20.4 Å². The molecule has 25 heavy (non-hydrogen) atoms. The summed E-state index contributed by atoms with van der Waals surface area (Å²) in [5.41, 5.74) is 1.20. The lowest BCUT2D eigenvalue weighted by atomic mass is 9.93. The number of aromatic hydroxyl groups is 4. The molecule has 6 heteroatoms. The number of fused-ring (bicyclic) bond motifs is 1. The number of hydrogen-bond acceptors (Lipinski definition) is 6. The van der Waals surface area contributed by atoms with Crippen LogP contribution in [0, 0.1) is 0 Å². The third kappa shape index (κ3) is 2.80. The fraction of sp³-hybridized carbons (Fsp3) is 0.263. The average Bonchev–Trinajstić information content (AvgIpc) is 2.53. The van der Waals surface area contributed by atoms with Gasteiger partial charge in [0.1, 0.15) is 23.4 Å². The van der Waals surface area contributed by atoms with Crippen LogP contribution in [-0.4, -0.2) is 26.5 Å². The first-order valence-electron chi connectivity index (χ1n) is 8.10. The van der Waals surface area contributed by atoms with E-state index in [0.29, 0.717) is 23.3 Å². The Kier molecular flexibility index (Phi) is 3.60. The molecule has 2 unspecified atom stereocenters. The van der Waals surface area contributed by atoms with Gasteiger partial charge >= 0.3 is 0 Å². The van der Waals surface area contributed by atoms with Crippen molar-refractivity contribution in [2.24, 2.45) is 0 Å². The molecule has 0 radical (unpaired) electrons. The Hall–Kier alpha value is -3.02. The van der Waals surface area contributed by atoms with Crippen LogP contribution in [0.5, 0.6) is 28.7 Å². The Morgan fingerprint density at radius 3 is 2.44 bits per heavy atom. The zero-order valence-corrected chi connectivity index (χ0v) is 13.3. The molecule has 0 saturated carbocycles. The van der Waals surface area contributed by atoms with Crippen LogP contribution in [0.15, 0.2) is 42.2 Å². The molecule has 6 nitrogen and oxygen atoms in total. The Balaban J connectivity index is 1.74. The lowest BCUT2D eigenvalue weighted by Crippen LogP contribution is -2.33. The van der Waals surface area contributed by atoms with Crippen molar-refractivity contribution in [3.05, 3.63) is 53.3 Å². The molecule has 0 bridgehead atoms. The third-order valence-electron chi connectivity index (χ3n) is 4.56. The second-order valence-corrected chi connectivity index (χ2v) is 6.30. The molecule has 2 aromatic rings. The second-order valence-electron chi connectivity index (χ2n) is 6.30. The first-order chi connectivity index (χ1) is 12.0. The first kappa shape index (κ1) is 15.5. The van der Waals surface area contributed by atoms with Crippen molar-refractivity contribution >= 4 is 0 Å². The summed E-state index contributed by atoms with van der Waals surface area (Å²) in [5.74, 6) is 0.658. The van der Waals surface area contributed by atoms with Crippen LogP contribution in [0.3, 0.4) is 0 Å². The number of ether oxygens (including phenoxy) is 2. The van der Waals surface area contributed by atoms with Gasteiger partial charge in [0.15, 0.2) is 17.6 Å². The van der Waals surface area contributed by atoms with Gasteiger partial charge in [-0.15, -0.1) is 0 Å². The lowest BCUT2D eigenvalue weighted by Gasteiger charge is -2.36. The Morgan fingerprint density at radius 2 is 1.76 bits per heavy atom. The largest absolute Gasteiger partial charge is 0.508 e. The van der Waals surface area contributed by atoms with Gasteiger partial charge in [0.05, 0.1) is 5.76 Å². The predicted octanol–water partition coefficient (Wildman–Crippen LogP) is 3.25. The molecule has 4 N–H and O–H groups in total. The Labute approximate surface area is 144 Å². The van der Waals surface area contributed by atoms with Crippen LogP contribution in [0.1, 0.15) is 30.1 Å². The van der Waals surface area contributed by atoms with Gasteiger partial charge in [0.25, 0.3) is 0 Å². The van der Waals surface area contributed by atoms with Gasteiger partial charge in [-0.3, -0.25) is 0 Å². The topological polar surface area (TPSA) is 99.4 Å². The van der Waals surface area contributed by atoms with Crippen LogP contribution in [0.2, 0.25) is 0 Å². The zero-order valence-electron chi connectivity index (χ0n) is 13.3. The van der Waals surface area contributed by atoms with Gasteiger partial charge < -0.3 is 29.9 Å². The molecular formula is C19H18O6. The van der Waals surface area contributed by atoms with Gasteiger partial charge in [-0.1, -0.05) is 6.07 Å². The van der Waals surface area contributed by atoms with Gasteiger partial charge in [-0.2, -0.15) is 0 Å². The molecule has 0 saturated heterocycles. The van der Waals surface area contributed by atoms with Crippen LogP contribution < -0.4 is 4.74 Å². The van der Waals surface area contributed by atoms with E-state index in [0.717, 1.165) is 18.6 Å². The maximum atomic E-state index is 10.1. The molecule has 1 heterocycles. The van der Waals surface area contributed by atoms with E-state index in [4.69, 9.17) is 9.47 Å². The van der Waals surface area contributed by atoms with Crippen molar-refractivity contribution in [1.82, 2.24) is 0 Å². The standard InChI is InChI=1S/C19H18O6/c20-11-7-15(22)13-9-18(24-12-2-1-3-12)19(25-17(13)8-11)10-4-5-14(21)16(23)6-10/h2,4-8,18-23H,1,3,9H2. The number of hydrogen-bond donors (Lipinski definition) is 4. The highest BCUT2D eigenvalue weighted by atomic mass is 16.5. The van der Waals surface area contributed by atoms with Gasteiger partial charge in [0, 0.05) is 36.1 Å². The highest BCUT2D eigenvalue weighted by Crippen LogP contribution is 2.44. The lowest BCUT2D eigenvalue weighted by molar-refractivity contribution is -0.0110. The van der Waals surface area contributed by atoms with E-state index in [2.05, 4.69) is 0 Å². The summed E-state index contributed by atoms with van der Waals surface area (Å²) in [6, 6.07) is 7.19. The summed E-state index contributed by atoms with van der Waals surface area (Å²) in [6.45, 7) is 0. The van der Waals surface area contributed by atoms with Crippen molar-refractivity contribution in [2.45, 2.75) is 31.5 Å². The quantitative estimate of drug-likeness (QED) is 0.639. The molecule has 2 aliphatic rings. The number of allylic oxidation sites excluding steroid dienone is 2. The molecule has 4 rings (SSSR count). The van der Waals surface area contributed by atoms with Crippen LogP contribution in [-0.2, 0) is 11.2 Å². The molecule has 0 amide bonds. The smallest absolute Gasteiger partial charge is 0.161 e. The molecule has 130 valence electrons. The van der Waals surface area contributed by atoms with E-state index >= 15 is 0 Å². The molecular weight excluding hydrogens is 324 g/mol. The van der Waals surface area contributed by atoms with Crippen molar-refractivity contribution in [1.29, 1.82) is 0 Å². The van der Waals surface area contributed by atoms with E-state index in [1.807, 2.05) is 6.08 Å². The zero-order chi connectivity index (χ0) is 17.6. The summed E-state index contributed by atoms with van der Waals surface area (Å²) in [7, 11) is 0. The van der Waals surface area contributed by atoms with Gasteiger partial charge in [0.2, 0.25) is 0 Å². The second kappa shape index (κ2) is 5.81. The fourth-order valence-corrected chi connectivity index (χ4v) is 3.11. The monoisotopic (exact) mass is 342 g/mol. The Morgan fingerprint density at radius 1 is 0.960 bits per heavy atom. The van der Waals surface area contributed by atoms with E-state index in [1.54, 1.807) is 6.07 Å². The highest BCUT2D eigenvalue weighted by molar-refractivity contribution is 5.52. The number of rotatable bonds is 3. The van der Waals surface area contributed by atoms with Crippen molar-refractivity contribution in [2.75, 3.05) is 0 Å². The summed E-state index contributed by atoms with van der Waals surface area (Å²) < 4.78 is 12.0. The fourth-order valence-electron chi connectivity index (χ4n) is 3.11. The average molecular weight is 342 g/mol. The van der Waals surface area contributed by atoms with Gasteiger partial charge in [-0.25, -0.2) is 0 Å². The maximum Gasteiger partial charge on any atom is 0.161 e. The summed E-state index contributed by atoms with van der Waals surface area (Å²) in [5, 5.41) is 39.2. The summed E-state index contributed by atoms with van der Waals surface area (Å²) in [4.78, 5) is 0. The first-order valence-corrected chi connectivity index (χ1v) is 8.10. The SMILES string of the molecule is Oc1cc(O)c2c(c1)OC(c1ccc(O)c(O)c1)C(OC1=CCC1)C2. The van der Waals surface area contributed by atoms with Crippen molar-refractivity contribution in [3.63, 3.8) is 0 Å². The molecule has 1 aliphatic carbocycles. The van der Waals surface area contributed by atoms with E-state index in [-0.39, 0.29) is 23.0 Å². The van der Waals surface area contributed by atoms with Gasteiger partial charge in [-0.05, 0) is 24.6 Å². The highest BCUT2D eigenvalue weighted by Gasteiger charge is 2.36. The minimum atomic E-state index is -0.554. The molecule has 0 spiro atoms. The minimum Gasteiger partial charge on any atom is -0.508 e. The normalized spacial score (nSPS) is 21.5. The number of benzene rings is 2. The number of phenols is 4. The molecule has 1 aliphatic heterocycles. The van der Waals surface area contributed by atoms with E-state index in [1.165, 1.54) is 24.3 Å². The van der Waals surface area contributed by atoms with Crippen LogP contribution in [0.4, 0.5) is 0 Å². The predicted molar refractivity (Wildman–Crippen MR) is 88.8 cm³/mol. The van der Waals surface area contributed by atoms with Crippen LogP contribution in [0.25, 0.3) is 0 Å². The number of phenolic OH excluding ortho intramolecular Hbond substituents is 4. The molecule has 0 aromatic heterocycles. The van der Waals surface area contributed by atoms with E-state index < -0.39 is 12.2 Å². The molecule has 0 fully saturated rings. The third-order valence-corrected chi connectivity index (χ3v) is 4.56. The minimum absolute atomic E-state index is 0.0433. The van der Waals surface area contributed by atoms with Crippen molar-refractivity contribution in [3.8, 4) is 28.7 Å².